The fourth-order valence-electron chi connectivity index (χ4n) is 2.16. The molecule has 1 aliphatic rings. The van der Waals surface area contributed by atoms with Crippen molar-refractivity contribution in [2.45, 2.75) is 45.3 Å². The van der Waals surface area contributed by atoms with Gasteiger partial charge < -0.3 is 19.8 Å². The highest BCUT2D eigenvalue weighted by Gasteiger charge is 2.29. The van der Waals surface area contributed by atoms with Gasteiger partial charge in [0.05, 0.1) is 18.8 Å². The number of piperidine rings is 1. The highest BCUT2D eigenvalue weighted by atomic mass is 16.5. The Balaban J connectivity index is 1.97. The van der Waals surface area contributed by atoms with Gasteiger partial charge in [-0.25, -0.2) is 4.98 Å². The van der Waals surface area contributed by atoms with E-state index in [0.29, 0.717) is 6.01 Å². The molecule has 1 aromatic heterocycles. The largest absolute Gasteiger partial charge is 0.429 e. The standard InChI is InChI=1S/C13H23N3O2/c1-3-7-17-12-9-16(6-5-11(12)14)13-15-8-10(4-2)18-13/h8,11-12H,3-7,9,14H2,1-2H3. The van der Waals surface area contributed by atoms with Crippen LogP contribution in [0, 0.1) is 0 Å². The topological polar surface area (TPSA) is 64.5 Å². The summed E-state index contributed by atoms with van der Waals surface area (Å²) in [4.78, 5) is 6.44. The number of hydrogen-bond acceptors (Lipinski definition) is 5. The molecule has 5 heteroatoms. The van der Waals surface area contributed by atoms with E-state index in [-0.39, 0.29) is 12.1 Å². The Bertz CT molecular complexity index is 367. The molecule has 2 unspecified atom stereocenters. The molecule has 18 heavy (non-hydrogen) atoms. The molecule has 0 aromatic carbocycles. The zero-order valence-electron chi connectivity index (χ0n) is 11.3. The number of anilines is 1. The van der Waals surface area contributed by atoms with Crippen molar-refractivity contribution < 1.29 is 9.15 Å². The van der Waals surface area contributed by atoms with Crippen molar-refractivity contribution in [2.24, 2.45) is 5.73 Å². The molecule has 1 aliphatic heterocycles. The molecule has 0 aliphatic carbocycles. The second kappa shape index (κ2) is 6.20. The lowest BCUT2D eigenvalue weighted by atomic mass is 10.0. The van der Waals surface area contributed by atoms with Gasteiger partial charge >= 0.3 is 0 Å². The van der Waals surface area contributed by atoms with Gasteiger partial charge in [-0.05, 0) is 12.8 Å². The van der Waals surface area contributed by atoms with Crippen molar-refractivity contribution in [3.63, 3.8) is 0 Å². The lowest BCUT2D eigenvalue weighted by Crippen LogP contribution is -2.52. The van der Waals surface area contributed by atoms with Gasteiger partial charge in [0, 0.05) is 25.6 Å². The van der Waals surface area contributed by atoms with Gasteiger partial charge in [0.2, 0.25) is 0 Å². The van der Waals surface area contributed by atoms with Gasteiger partial charge in [-0.2, -0.15) is 0 Å². The van der Waals surface area contributed by atoms with E-state index >= 15 is 0 Å². The predicted octanol–water partition coefficient (Wildman–Crippen LogP) is 1.57. The lowest BCUT2D eigenvalue weighted by Gasteiger charge is -2.35. The molecule has 102 valence electrons. The first-order valence-electron chi connectivity index (χ1n) is 6.81. The molecule has 2 N–H and O–H groups in total. The lowest BCUT2D eigenvalue weighted by molar-refractivity contribution is 0.0300. The number of rotatable bonds is 5. The molecule has 5 nitrogen and oxygen atoms in total. The summed E-state index contributed by atoms with van der Waals surface area (Å²) in [6.45, 7) is 6.58. The molecule has 1 fully saturated rings. The number of ether oxygens (including phenoxy) is 1. The van der Waals surface area contributed by atoms with E-state index in [1.165, 1.54) is 0 Å². The Labute approximate surface area is 108 Å². The van der Waals surface area contributed by atoms with Crippen LogP contribution in [-0.2, 0) is 11.2 Å². The maximum absolute atomic E-state index is 6.09. The molecule has 0 radical (unpaired) electrons. The molecular weight excluding hydrogens is 230 g/mol. The Morgan fingerprint density at radius 1 is 1.56 bits per heavy atom. The van der Waals surface area contributed by atoms with E-state index in [4.69, 9.17) is 14.9 Å². The third kappa shape index (κ3) is 3.03. The molecule has 1 aromatic rings. The molecule has 2 atom stereocenters. The van der Waals surface area contributed by atoms with Crippen molar-refractivity contribution in [2.75, 3.05) is 24.6 Å². The predicted molar refractivity (Wildman–Crippen MR) is 70.7 cm³/mol. The van der Waals surface area contributed by atoms with E-state index in [9.17, 15) is 0 Å². The highest BCUT2D eigenvalue weighted by Crippen LogP contribution is 2.21. The second-order valence-corrected chi connectivity index (χ2v) is 4.77. The van der Waals surface area contributed by atoms with Crippen LogP contribution >= 0.6 is 0 Å². The molecule has 0 saturated carbocycles. The van der Waals surface area contributed by atoms with Gasteiger partial charge in [-0.1, -0.05) is 13.8 Å². The van der Waals surface area contributed by atoms with E-state index in [1.54, 1.807) is 6.20 Å². The molecular formula is C13H23N3O2. The van der Waals surface area contributed by atoms with Crippen molar-refractivity contribution in [3.05, 3.63) is 12.0 Å². The maximum atomic E-state index is 6.09. The van der Waals surface area contributed by atoms with Crippen molar-refractivity contribution in [1.82, 2.24) is 4.98 Å². The molecule has 0 spiro atoms. The van der Waals surface area contributed by atoms with Crippen LogP contribution in [0.25, 0.3) is 0 Å². The number of oxazole rings is 1. The number of nitrogens with two attached hydrogens (primary N) is 1. The average Bonchev–Trinajstić information content (AvgIpc) is 2.86. The second-order valence-electron chi connectivity index (χ2n) is 4.77. The third-order valence-corrected chi connectivity index (χ3v) is 3.31. The zero-order chi connectivity index (χ0) is 13.0. The third-order valence-electron chi connectivity index (χ3n) is 3.31. The molecule has 2 heterocycles. The van der Waals surface area contributed by atoms with Crippen LogP contribution in [0.4, 0.5) is 6.01 Å². The first-order valence-corrected chi connectivity index (χ1v) is 6.81. The summed E-state index contributed by atoms with van der Waals surface area (Å²) >= 11 is 0. The Hall–Kier alpha value is -1.07. The van der Waals surface area contributed by atoms with Crippen LogP contribution in [0.15, 0.2) is 10.6 Å². The number of aryl methyl sites for hydroxylation is 1. The summed E-state index contributed by atoms with van der Waals surface area (Å²) in [5.74, 6) is 0.922. The Morgan fingerprint density at radius 2 is 2.39 bits per heavy atom. The minimum Gasteiger partial charge on any atom is -0.429 e. The monoisotopic (exact) mass is 253 g/mol. The molecule has 0 amide bonds. The van der Waals surface area contributed by atoms with E-state index in [1.807, 2.05) is 0 Å². The summed E-state index contributed by atoms with van der Waals surface area (Å²) in [6, 6.07) is 0.817. The SMILES string of the molecule is CCCOC1CN(c2ncc(CC)o2)CCC1N. The van der Waals surface area contributed by atoms with Crippen molar-refractivity contribution >= 4 is 6.01 Å². The van der Waals surface area contributed by atoms with Crippen LogP contribution in [-0.4, -0.2) is 36.8 Å². The minimum atomic E-state index is 0.0793. The fraction of sp³-hybridized carbons (Fsp3) is 0.769. The number of hydrogen-bond donors (Lipinski definition) is 1. The average molecular weight is 253 g/mol. The first-order chi connectivity index (χ1) is 8.74. The van der Waals surface area contributed by atoms with Gasteiger partial charge in [0.15, 0.2) is 0 Å². The van der Waals surface area contributed by atoms with Crippen molar-refractivity contribution in [3.8, 4) is 0 Å². The van der Waals surface area contributed by atoms with Gasteiger partial charge in [-0.3, -0.25) is 0 Å². The van der Waals surface area contributed by atoms with Crippen LogP contribution in [0.2, 0.25) is 0 Å². The minimum absolute atomic E-state index is 0.0793. The smallest absolute Gasteiger partial charge is 0.297 e. The van der Waals surface area contributed by atoms with E-state index in [0.717, 1.165) is 44.7 Å². The number of nitrogens with zero attached hydrogens (tertiary/aromatic N) is 2. The summed E-state index contributed by atoms with van der Waals surface area (Å²) in [7, 11) is 0. The van der Waals surface area contributed by atoms with E-state index < -0.39 is 0 Å². The fourth-order valence-corrected chi connectivity index (χ4v) is 2.16. The first kappa shape index (κ1) is 13.4. The van der Waals surface area contributed by atoms with Crippen LogP contribution in [0.3, 0.4) is 0 Å². The Kier molecular flexibility index (Phi) is 4.60. The van der Waals surface area contributed by atoms with E-state index in [2.05, 4.69) is 23.7 Å². The molecule has 2 rings (SSSR count). The summed E-state index contributed by atoms with van der Waals surface area (Å²) in [5, 5.41) is 0. The van der Waals surface area contributed by atoms with Gasteiger partial charge in [0.1, 0.15) is 5.76 Å². The van der Waals surface area contributed by atoms with Crippen LogP contribution in [0.1, 0.15) is 32.4 Å². The quantitative estimate of drug-likeness (QED) is 0.863. The summed E-state index contributed by atoms with van der Waals surface area (Å²) in [5.41, 5.74) is 6.09. The molecule has 0 bridgehead atoms. The molecule has 1 saturated heterocycles. The van der Waals surface area contributed by atoms with Crippen LogP contribution in [0.5, 0.6) is 0 Å². The Morgan fingerprint density at radius 3 is 3.06 bits per heavy atom. The van der Waals surface area contributed by atoms with Gasteiger partial charge in [0.25, 0.3) is 6.01 Å². The number of aromatic nitrogens is 1. The maximum Gasteiger partial charge on any atom is 0.297 e. The van der Waals surface area contributed by atoms with Gasteiger partial charge in [-0.15, -0.1) is 0 Å². The zero-order valence-corrected chi connectivity index (χ0v) is 11.3. The summed E-state index contributed by atoms with van der Waals surface area (Å²) < 4.78 is 11.5. The highest BCUT2D eigenvalue weighted by molar-refractivity contribution is 5.28. The van der Waals surface area contributed by atoms with Crippen molar-refractivity contribution in [1.29, 1.82) is 0 Å². The van der Waals surface area contributed by atoms with Crippen LogP contribution < -0.4 is 10.6 Å². The normalized spacial score (nSPS) is 24.5. The summed E-state index contributed by atoms with van der Waals surface area (Å²) in [6.07, 6.45) is 4.68.